The van der Waals surface area contributed by atoms with Crippen LogP contribution in [-0.2, 0) is 6.54 Å². The molecule has 156 valence electrons. The second-order valence-corrected chi connectivity index (χ2v) is 8.33. The number of hydrogen-bond acceptors (Lipinski definition) is 7. The molecule has 0 atom stereocenters. The van der Waals surface area contributed by atoms with Crippen LogP contribution in [0, 0.1) is 6.92 Å². The second kappa shape index (κ2) is 8.97. The van der Waals surface area contributed by atoms with Crippen LogP contribution in [0.25, 0.3) is 0 Å². The van der Waals surface area contributed by atoms with E-state index in [0.717, 1.165) is 70.2 Å². The Morgan fingerprint density at radius 3 is 2.48 bits per heavy atom. The van der Waals surface area contributed by atoms with E-state index in [0.29, 0.717) is 12.0 Å². The molecule has 2 saturated heterocycles. The zero-order valence-electron chi connectivity index (χ0n) is 17.6. The number of nitrogens with one attached hydrogen (secondary N) is 1. The molecule has 2 fully saturated rings. The summed E-state index contributed by atoms with van der Waals surface area (Å²) < 4.78 is 0. The van der Waals surface area contributed by atoms with Gasteiger partial charge in [-0.2, -0.15) is 4.98 Å². The summed E-state index contributed by atoms with van der Waals surface area (Å²) in [4.78, 5) is 15.8. The first-order valence-corrected chi connectivity index (χ1v) is 10.7. The smallest absolute Gasteiger partial charge is 0.222 e. The fourth-order valence-electron chi connectivity index (χ4n) is 4.24. The zero-order chi connectivity index (χ0) is 20.2. The van der Waals surface area contributed by atoms with Crippen molar-refractivity contribution < 1.29 is 0 Å². The lowest BCUT2D eigenvalue weighted by molar-refractivity contribution is 0.313. The van der Waals surface area contributed by atoms with Crippen LogP contribution in [0.5, 0.6) is 0 Å². The van der Waals surface area contributed by atoms with Crippen molar-refractivity contribution in [3.05, 3.63) is 41.6 Å². The van der Waals surface area contributed by atoms with Crippen molar-refractivity contribution in [1.82, 2.24) is 20.2 Å². The monoisotopic (exact) mass is 395 g/mol. The molecule has 3 heterocycles. The fourth-order valence-corrected chi connectivity index (χ4v) is 4.24. The van der Waals surface area contributed by atoms with E-state index in [1.165, 1.54) is 11.3 Å². The first-order valence-electron chi connectivity index (χ1n) is 10.7. The van der Waals surface area contributed by atoms with E-state index in [4.69, 9.17) is 5.73 Å². The number of anilines is 3. The molecule has 0 radical (unpaired) electrons. The lowest BCUT2D eigenvalue weighted by Crippen LogP contribution is -2.44. The summed E-state index contributed by atoms with van der Waals surface area (Å²) >= 11 is 0. The Morgan fingerprint density at radius 2 is 1.76 bits per heavy atom. The molecule has 3 N–H and O–H groups in total. The molecule has 0 aliphatic carbocycles. The van der Waals surface area contributed by atoms with E-state index in [2.05, 4.69) is 61.3 Å². The molecule has 0 saturated carbocycles. The van der Waals surface area contributed by atoms with Crippen LogP contribution >= 0.6 is 0 Å². The van der Waals surface area contributed by atoms with Gasteiger partial charge in [0.15, 0.2) is 0 Å². The quantitative estimate of drug-likeness (QED) is 0.801. The van der Waals surface area contributed by atoms with E-state index in [1.807, 2.05) is 13.0 Å². The Balaban J connectivity index is 1.28. The highest BCUT2D eigenvalue weighted by atomic mass is 15.2. The Kier molecular flexibility index (Phi) is 6.16. The molecule has 4 rings (SSSR count). The second-order valence-electron chi connectivity index (χ2n) is 8.33. The van der Waals surface area contributed by atoms with E-state index >= 15 is 0 Å². The summed E-state index contributed by atoms with van der Waals surface area (Å²) in [6, 6.07) is 11.6. The third kappa shape index (κ3) is 5.16. The molecular weight excluding hydrogens is 362 g/mol. The number of nitrogens with two attached hydrogens (primary N) is 1. The largest absolute Gasteiger partial charge is 0.369 e. The third-order valence-corrected chi connectivity index (χ3v) is 6.05. The summed E-state index contributed by atoms with van der Waals surface area (Å²) in [5.41, 5.74) is 9.45. The van der Waals surface area contributed by atoms with E-state index < -0.39 is 0 Å². The molecule has 29 heavy (non-hydrogen) atoms. The number of piperidine rings is 1. The highest BCUT2D eigenvalue weighted by molar-refractivity contribution is 5.49. The van der Waals surface area contributed by atoms with Crippen LogP contribution in [0.4, 0.5) is 17.5 Å². The van der Waals surface area contributed by atoms with Crippen molar-refractivity contribution >= 4 is 17.5 Å². The minimum atomic E-state index is 0.362. The minimum Gasteiger partial charge on any atom is -0.369 e. The highest BCUT2D eigenvalue weighted by Gasteiger charge is 2.20. The molecular formula is C22H33N7. The van der Waals surface area contributed by atoms with E-state index in [1.54, 1.807) is 0 Å². The maximum atomic E-state index is 5.81. The molecule has 2 aliphatic heterocycles. The third-order valence-electron chi connectivity index (χ3n) is 6.05. The van der Waals surface area contributed by atoms with Gasteiger partial charge in [-0.05, 0) is 44.5 Å². The van der Waals surface area contributed by atoms with Gasteiger partial charge >= 0.3 is 0 Å². The SMILES string of the molecule is Cc1cc(N2CCC(NCc3cccc(N4CCN(C)CC4)c3)CC2)nc(N)n1. The minimum absolute atomic E-state index is 0.362. The highest BCUT2D eigenvalue weighted by Crippen LogP contribution is 2.21. The van der Waals surface area contributed by atoms with Crippen molar-refractivity contribution in [3.8, 4) is 0 Å². The molecule has 0 spiro atoms. The zero-order valence-corrected chi connectivity index (χ0v) is 17.6. The van der Waals surface area contributed by atoms with Gasteiger partial charge in [0.05, 0.1) is 0 Å². The van der Waals surface area contributed by atoms with Gasteiger partial charge in [0.2, 0.25) is 5.95 Å². The number of aryl methyl sites for hydroxylation is 1. The van der Waals surface area contributed by atoms with E-state index in [9.17, 15) is 0 Å². The summed E-state index contributed by atoms with van der Waals surface area (Å²) in [5, 5.41) is 3.76. The molecule has 1 aromatic carbocycles. The standard InChI is InChI=1S/C22H33N7/c1-17-14-21(26-22(23)25-17)29-8-6-19(7-9-29)24-16-18-4-3-5-20(15-18)28-12-10-27(2)11-13-28/h3-5,14-15,19,24H,6-13,16H2,1-2H3,(H2,23,25,26). The average molecular weight is 396 g/mol. The van der Waals surface area contributed by atoms with Gasteiger partial charge in [-0.3, -0.25) is 0 Å². The lowest BCUT2D eigenvalue weighted by atomic mass is 10.0. The lowest BCUT2D eigenvalue weighted by Gasteiger charge is -2.34. The van der Waals surface area contributed by atoms with Gasteiger partial charge in [0.1, 0.15) is 5.82 Å². The Morgan fingerprint density at radius 1 is 1.00 bits per heavy atom. The van der Waals surface area contributed by atoms with Gasteiger partial charge in [-0.1, -0.05) is 12.1 Å². The van der Waals surface area contributed by atoms with Gasteiger partial charge in [0.25, 0.3) is 0 Å². The number of nitrogen functional groups attached to an aromatic ring is 1. The van der Waals surface area contributed by atoms with Gasteiger partial charge in [0, 0.05) is 69.3 Å². The van der Waals surface area contributed by atoms with Crippen molar-refractivity contribution in [2.24, 2.45) is 0 Å². The van der Waals surface area contributed by atoms with Crippen molar-refractivity contribution in [3.63, 3.8) is 0 Å². The summed E-state index contributed by atoms with van der Waals surface area (Å²) in [5.74, 6) is 1.31. The Hall–Kier alpha value is -2.38. The van der Waals surface area contributed by atoms with Gasteiger partial charge in [-0.25, -0.2) is 4.98 Å². The van der Waals surface area contributed by atoms with Gasteiger partial charge in [-0.15, -0.1) is 0 Å². The number of hydrogen-bond donors (Lipinski definition) is 2. The van der Waals surface area contributed by atoms with Crippen LogP contribution in [-0.4, -0.2) is 67.2 Å². The fraction of sp³-hybridized carbons (Fsp3) is 0.545. The predicted molar refractivity (Wildman–Crippen MR) is 119 cm³/mol. The first kappa shape index (κ1) is 19.9. The van der Waals surface area contributed by atoms with Crippen molar-refractivity contribution in [2.75, 3.05) is 61.8 Å². The number of likely N-dealkylation sites (N-methyl/N-ethyl adjacent to an activating group) is 1. The maximum Gasteiger partial charge on any atom is 0.222 e. The van der Waals surface area contributed by atoms with E-state index in [-0.39, 0.29) is 0 Å². The predicted octanol–water partition coefficient (Wildman–Crippen LogP) is 1.88. The first-order chi connectivity index (χ1) is 14.1. The Bertz CT molecular complexity index is 788. The number of aromatic nitrogens is 2. The van der Waals surface area contributed by atoms with Crippen LogP contribution < -0.4 is 20.9 Å². The molecule has 2 aliphatic rings. The maximum absolute atomic E-state index is 5.81. The molecule has 7 heteroatoms. The number of piperazine rings is 1. The number of nitrogens with zero attached hydrogens (tertiary/aromatic N) is 5. The molecule has 1 aromatic heterocycles. The summed E-state index contributed by atoms with van der Waals surface area (Å²) in [7, 11) is 2.20. The average Bonchev–Trinajstić information content (AvgIpc) is 2.73. The molecule has 7 nitrogen and oxygen atoms in total. The Labute approximate surface area is 173 Å². The van der Waals surface area contributed by atoms with Crippen LogP contribution in [0.3, 0.4) is 0 Å². The summed E-state index contributed by atoms with van der Waals surface area (Å²) in [6.07, 6.45) is 2.22. The topological polar surface area (TPSA) is 73.5 Å². The summed E-state index contributed by atoms with van der Waals surface area (Å²) in [6.45, 7) is 9.37. The number of rotatable bonds is 5. The van der Waals surface area contributed by atoms with Crippen LogP contribution in [0.2, 0.25) is 0 Å². The van der Waals surface area contributed by atoms with Crippen LogP contribution in [0.15, 0.2) is 30.3 Å². The van der Waals surface area contributed by atoms with Crippen molar-refractivity contribution in [2.45, 2.75) is 32.4 Å². The normalized spacial score (nSPS) is 19.0. The number of benzene rings is 1. The van der Waals surface area contributed by atoms with Crippen LogP contribution in [0.1, 0.15) is 24.1 Å². The molecule has 0 amide bonds. The van der Waals surface area contributed by atoms with Crippen molar-refractivity contribution in [1.29, 1.82) is 0 Å². The molecule has 0 bridgehead atoms. The molecule has 2 aromatic rings. The molecule has 0 unspecified atom stereocenters. The van der Waals surface area contributed by atoms with Gasteiger partial charge < -0.3 is 25.8 Å².